The molecule has 3 nitrogen and oxygen atoms in total. The molecule has 0 unspecified atom stereocenters. The number of nitrogens with zero attached hydrogens (tertiary/aromatic N) is 2. The van der Waals surface area contributed by atoms with E-state index in [0.717, 1.165) is 23.4 Å². The van der Waals surface area contributed by atoms with E-state index in [4.69, 9.17) is 0 Å². The summed E-state index contributed by atoms with van der Waals surface area (Å²) < 4.78 is 1.08. The van der Waals surface area contributed by atoms with Gasteiger partial charge in [0.05, 0.1) is 0 Å². The third kappa shape index (κ3) is 2.55. The van der Waals surface area contributed by atoms with Crippen LogP contribution in [-0.4, -0.2) is 30.2 Å². The minimum atomic E-state index is 0.523. The number of pyridine rings is 1. The number of piperazine rings is 1. The Balaban J connectivity index is 2.19. The van der Waals surface area contributed by atoms with Gasteiger partial charge in [-0.3, -0.25) is 0 Å². The number of aryl methyl sites for hydroxylation is 1. The van der Waals surface area contributed by atoms with Crippen molar-refractivity contribution in [1.82, 2.24) is 10.3 Å². The molecule has 4 heteroatoms. The standard InChI is InChI=1S/C12H18BrN3/c1-8-4-12(14-5-11(8)13)16-6-9(2)15-10(3)7-16/h4-5,9-10,15H,6-7H2,1-3H3/t9-,10+. The smallest absolute Gasteiger partial charge is 0.128 e. The van der Waals surface area contributed by atoms with E-state index in [0.29, 0.717) is 12.1 Å². The summed E-state index contributed by atoms with van der Waals surface area (Å²) in [4.78, 5) is 6.84. The molecule has 0 aromatic carbocycles. The number of hydrogen-bond donors (Lipinski definition) is 1. The molecule has 0 bridgehead atoms. The van der Waals surface area contributed by atoms with Crippen LogP contribution in [0.1, 0.15) is 19.4 Å². The minimum absolute atomic E-state index is 0.523. The van der Waals surface area contributed by atoms with Crippen LogP contribution in [0.25, 0.3) is 0 Å². The van der Waals surface area contributed by atoms with Crippen molar-refractivity contribution >= 4 is 21.7 Å². The van der Waals surface area contributed by atoms with Gasteiger partial charge in [0.1, 0.15) is 5.82 Å². The van der Waals surface area contributed by atoms with Crippen LogP contribution in [0.3, 0.4) is 0 Å². The first-order chi connectivity index (χ1) is 7.56. The summed E-state index contributed by atoms with van der Waals surface area (Å²) in [5.74, 6) is 1.08. The molecule has 0 spiro atoms. The summed E-state index contributed by atoms with van der Waals surface area (Å²) in [7, 11) is 0. The van der Waals surface area contributed by atoms with Crippen molar-refractivity contribution in [2.45, 2.75) is 32.9 Å². The Morgan fingerprint density at radius 3 is 2.56 bits per heavy atom. The second kappa shape index (κ2) is 4.72. The van der Waals surface area contributed by atoms with Crippen molar-refractivity contribution in [3.8, 4) is 0 Å². The zero-order valence-electron chi connectivity index (χ0n) is 10.00. The first kappa shape index (κ1) is 11.9. The lowest BCUT2D eigenvalue weighted by Crippen LogP contribution is -2.54. The van der Waals surface area contributed by atoms with Crippen molar-refractivity contribution in [2.24, 2.45) is 0 Å². The van der Waals surface area contributed by atoms with Gasteiger partial charge in [-0.25, -0.2) is 4.98 Å². The number of nitrogens with one attached hydrogen (secondary N) is 1. The lowest BCUT2D eigenvalue weighted by Gasteiger charge is -2.37. The monoisotopic (exact) mass is 283 g/mol. The lowest BCUT2D eigenvalue weighted by molar-refractivity contribution is 0.405. The summed E-state index contributed by atoms with van der Waals surface area (Å²) in [6, 6.07) is 3.19. The Hall–Kier alpha value is -0.610. The van der Waals surface area contributed by atoms with Gasteiger partial charge in [-0.15, -0.1) is 0 Å². The van der Waals surface area contributed by atoms with Gasteiger partial charge < -0.3 is 10.2 Å². The predicted octanol–water partition coefficient (Wildman–Crippen LogP) is 2.34. The van der Waals surface area contributed by atoms with E-state index in [-0.39, 0.29) is 0 Å². The molecule has 2 heterocycles. The Labute approximate surface area is 105 Å². The lowest BCUT2D eigenvalue weighted by atomic mass is 10.1. The third-order valence-electron chi connectivity index (χ3n) is 2.91. The SMILES string of the molecule is Cc1cc(N2C[C@@H](C)N[C@@H](C)C2)ncc1Br. The second-order valence-electron chi connectivity index (χ2n) is 4.67. The Morgan fingerprint density at radius 1 is 1.38 bits per heavy atom. The van der Waals surface area contributed by atoms with Gasteiger partial charge in [0.25, 0.3) is 0 Å². The van der Waals surface area contributed by atoms with Gasteiger partial charge in [-0.05, 0) is 48.3 Å². The molecule has 1 fully saturated rings. The Kier molecular flexibility index (Phi) is 3.50. The highest BCUT2D eigenvalue weighted by Crippen LogP contribution is 2.21. The molecule has 16 heavy (non-hydrogen) atoms. The molecule has 88 valence electrons. The topological polar surface area (TPSA) is 28.2 Å². The van der Waals surface area contributed by atoms with Crippen LogP contribution in [0.15, 0.2) is 16.7 Å². The summed E-state index contributed by atoms with van der Waals surface area (Å²) >= 11 is 3.48. The van der Waals surface area contributed by atoms with E-state index in [9.17, 15) is 0 Å². The molecule has 0 radical (unpaired) electrons. The number of halogens is 1. The molecule has 0 saturated carbocycles. The average molecular weight is 284 g/mol. The highest BCUT2D eigenvalue weighted by atomic mass is 79.9. The third-order valence-corrected chi connectivity index (χ3v) is 3.74. The van der Waals surface area contributed by atoms with E-state index in [2.05, 4.69) is 58.0 Å². The number of aromatic nitrogens is 1. The zero-order chi connectivity index (χ0) is 11.7. The van der Waals surface area contributed by atoms with Gasteiger partial charge in [-0.1, -0.05) is 0 Å². The van der Waals surface area contributed by atoms with Crippen molar-refractivity contribution in [2.75, 3.05) is 18.0 Å². The molecule has 1 N–H and O–H groups in total. The Morgan fingerprint density at radius 2 is 2.00 bits per heavy atom. The fraction of sp³-hybridized carbons (Fsp3) is 0.583. The van der Waals surface area contributed by atoms with Crippen molar-refractivity contribution < 1.29 is 0 Å². The zero-order valence-corrected chi connectivity index (χ0v) is 11.6. The molecule has 0 aliphatic carbocycles. The van der Waals surface area contributed by atoms with Gasteiger partial charge in [0, 0.05) is 35.8 Å². The first-order valence-electron chi connectivity index (χ1n) is 5.69. The summed E-state index contributed by atoms with van der Waals surface area (Å²) in [6.45, 7) is 8.59. The molecular formula is C12H18BrN3. The van der Waals surface area contributed by atoms with E-state index >= 15 is 0 Å². The highest BCUT2D eigenvalue weighted by molar-refractivity contribution is 9.10. The van der Waals surface area contributed by atoms with Crippen molar-refractivity contribution in [1.29, 1.82) is 0 Å². The van der Waals surface area contributed by atoms with Crippen LogP contribution in [0.4, 0.5) is 5.82 Å². The van der Waals surface area contributed by atoms with Crippen LogP contribution >= 0.6 is 15.9 Å². The second-order valence-corrected chi connectivity index (χ2v) is 5.52. The molecule has 1 aliphatic rings. The van der Waals surface area contributed by atoms with Crippen molar-refractivity contribution in [3.63, 3.8) is 0 Å². The van der Waals surface area contributed by atoms with Gasteiger partial charge >= 0.3 is 0 Å². The van der Waals surface area contributed by atoms with E-state index < -0.39 is 0 Å². The van der Waals surface area contributed by atoms with Crippen LogP contribution in [-0.2, 0) is 0 Å². The van der Waals surface area contributed by atoms with Crippen LogP contribution in [0.2, 0.25) is 0 Å². The van der Waals surface area contributed by atoms with Gasteiger partial charge in [-0.2, -0.15) is 0 Å². The molecule has 1 aliphatic heterocycles. The van der Waals surface area contributed by atoms with E-state index in [1.165, 1.54) is 5.56 Å². The average Bonchev–Trinajstić information content (AvgIpc) is 2.20. The molecule has 1 aromatic heterocycles. The maximum Gasteiger partial charge on any atom is 0.128 e. The van der Waals surface area contributed by atoms with E-state index in [1.54, 1.807) is 0 Å². The normalized spacial score (nSPS) is 25.9. The summed E-state index contributed by atoms with van der Waals surface area (Å²) in [5, 5.41) is 3.53. The van der Waals surface area contributed by atoms with Crippen LogP contribution in [0.5, 0.6) is 0 Å². The van der Waals surface area contributed by atoms with Gasteiger partial charge in [0.2, 0.25) is 0 Å². The fourth-order valence-electron chi connectivity index (χ4n) is 2.21. The van der Waals surface area contributed by atoms with Gasteiger partial charge in [0.15, 0.2) is 0 Å². The van der Waals surface area contributed by atoms with E-state index in [1.807, 2.05) is 6.20 Å². The number of hydrogen-bond acceptors (Lipinski definition) is 3. The summed E-state index contributed by atoms with van der Waals surface area (Å²) in [5.41, 5.74) is 1.24. The molecule has 0 amide bonds. The molecule has 2 rings (SSSR count). The largest absolute Gasteiger partial charge is 0.354 e. The van der Waals surface area contributed by atoms with Crippen LogP contribution < -0.4 is 10.2 Å². The highest BCUT2D eigenvalue weighted by Gasteiger charge is 2.21. The molecule has 1 saturated heterocycles. The van der Waals surface area contributed by atoms with Crippen molar-refractivity contribution in [3.05, 3.63) is 22.3 Å². The fourth-order valence-corrected chi connectivity index (χ4v) is 2.43. The molecule has 1 aromatic rings. The predicted molar refractivity (Wildman–Crippen MR) is 70.9 cm³/mol. The quantitative estimate of drug-likeness (QED) is 0.858. The number of rotatable bonds is 1. The maximum absolute atomic E-state index is 4.48. The first-order valence-corrected chi connectivity index (χ1v) is 6.48. The molecular weight excluding hydrogens is 266 g/mol. The maximum atomic E-state index is 4.48. The van der Waals surface area contributed by atoms with Crippen LogP contribution in [0, 0.1) is 6.92 Å². The minimum Gasteiger partial charge on any atom is -0.354 e. The Bertz CT molecular complexity index is 371. The summed E-state index contributed by atoms with van der Waals surface area (Å²) in [6.07, 6.45) is 1.89. The molecule has 2 atom stereocenters. The number of anilines is 1.